The molecule has 2 unspecified atom stereocenters. The Hall–Kier alpha value is -2.06. The van der Waals surface area contributed by atoms with Crippen LogP contribution < -0.4 is 5.73 Å². The van der Waals surface area contributed by atoms with E-state index in [2.05, 4.69) is 86.8 Å². The van der Waals surface area contributed by atoms with E-state index in [1.54, 1.807) is 0 Å². The number of esters is 1. The third-order valence-corrected chi connectivity index (χ3v) is 13.1. The number of phosphoric acid groups is 1. The Morgan fingerprint density at radius 2 is 0.824 bits per heavy atom. The largest absolute Gasteiger partial charge is 0.472 e. The molecule has 0 aliphatic heterocycles. The molecule has 3 N–H and O–H groups in total. The van der Waals surface area contributed by atoms with Crippen LogP contribution >= 0.6 is 7.82 Å². The van der Waals surface area contributed by atoms with Gasteiger partial charge in [-0.3, -0.25) is 13.8 Å². The van der Waals surface area contributed by atoms with Crippen LogP contribution in [0.5, 0.6) is 0 Å². The maximum atomic E-state index is 12.7. The lowest BCUT2D eigenvalue weighted by Crippen LogP contribution is -2.28. The first-order valence-electron chi connectivity index (χ1n) is 28.4. The summed E-state index contributed by atoms with van der Waals surface area (Å²) in [4.78, 5) is 22.6. The minimum Gasteiger partial charge on any atom is -0.457 e. The predicted octanol–water partition coefficient (Wildman–Crippen LogP) is 18.2. The van der Waals surface area contributed by atoms with Gasteiger partial charge in [0.2, 0.25) is 0 Å². The van der Waals surface area contributed by atoms with E-state index in [9.17, 15) is 14.3 Å². The second-order valence-electron chi connectivity index (χ2n) is 18.8. The average Bonchev–Trinajstić information content (AvgIpc) is 3.33. The summed E-state index contributed by atoms with van der Waals surface area (Å²) in [7, 11) is -4.30. The predicted molar refractivity (Wildman–Crippen MR) is 293 cm³/mol. The molecule has 396 valence electrons. The van der Waals surface area contributed by atoms with E-state index in [1.807, 2.05) is 0 Å². The van der Waals surface area contributed by atoms with Gasteiger partial charge in [0.1, 0.15) is 6.10 Å². The summed E-state index contributed by atoms with van der Waals surface area (Å²) in [6.07, 6.45) is 72.4. The van der Waals surface area contributed by atoms with Crippen LogP contribution in [0.4, 0.5) is 0 Å². The zero-order valence-corrected chi connectivity index (χ0v) is 45.2. The molecule has 0 spiro atoms. The van der Waals surface area contributed by atoms with Crippen LogP contribution in [-0.2, 0) is 27.9 Å². The first-order valence-corrected chi connectivity index (χ1v) is 29.9. The van der Waals surface area contributed by atoms with E-state index in [4.69, 9.17) is 24.3 Å². The van der Waals surface area contributed by atoms with E-state index in [1.165, 1.54) is 154 Å². The second-order valence-corrected chi connectivity index (χ2v) is 20.2. The topological polar surface area (TPSA) is 117 Å². The Labute approximate surface area is 420 Å². The standard InChI is InChI=1S/C59H108NO7P/c1-3-5-7-9-11-13-15-17-19-21-23-25-27-28-29-31-33-35-37-39-41-43-45-47-49-51-54-64-56-58(57-66-68(62,63)65-55-53-60)67-59(61)52-50-48-46-44-42-40-38-36-34-32-30-26-24-22-20-18-16-14-12-10-8-6-4-2/h6,8,12,14,18,20,24,26,32,34,38,40,58H,3-5,7,9-11,13,15-17,19,21-23,25,27-31,33,35-37,39,41-57,60H2,1-2H3,(H,62,63)/b8-6-,14-12-,20-18-,26-24-,34-32-,40-38-. The Morgan fingerprint density at radius 1 is 0.456 bits per heavy atom. The molecule has 0 aromatic rings. The third kappa shape index (κ3) is 54.9. The van der Waals surface area contributed by atoms with Gasteiger partial charge in [-0.25, -0.2) is 4.57 Å². The lowest BCUT2D eigenvalue weighted by molar-refractivity contribution is -0.154. The molecular formula is C59H108NO7P. The Kier molecular flexibility index (Phi) is 54.2. The number of nitrogens with two attached hydrogens (primary N) is 1. The van der Waals surface area contributed by atoms with Crippen LogP contribution in [0.2, 0.25) is 0 Å². The van der Waals surface area contributed by atoms with Crippen LogP contribution in [0.15, 0.2) is 72.9 Å². The molecule has 0 radical (unpaired) electrons. The van der Waals surface area contributed by atoms with E-state index < -0.39 is 13.9 Å². The lowest BCUT2D eigenvalue weighted by atomic mass is 10.0. The van der Waals surface area contributed by atoms with Gasteiger partial charge >= 0.3 is 13.8 Å². The average molecular weight is 974 g/mol. The highest BCUT2D eigenvalue weighted by Crippen LogP contribution is 2.43. The number of hydrogen-bond donors (Lipinski definition) is 2. The molecule has 0 aromatic carbocycles. The van der Waals surface area contributed by atoms with E-state index >= 15 is 0 Å². The van der Waals surface area contributed by atoms with Gasteiger partial charge in [-0.2, -0.15) is 0 Å². The zero-order chi connectivity index (χ0) is 49.4. The van der Waals surface area contributed by atoms with Crippen LogP contribution in [0.25, 0.3) is 0 Å². The van der Waals surface area contributed by atoms with Crippen LogP contribution in [0.1, 0.15) is 258 Å². The molecule has 8 nitrogen and oxygen atoms in total. The van der Waals surface area contributed by atoms with Gasteiger partial charge in [-0.1, -0.05) is 260 Å². The van der Waals surface area contributed by atoms with Gasteiger partial charge in [-0.15, -0.1) is 0 Å². The molecule has 0 aliphatic carbocycles. The summed E-state index contributed by atoms with van der Waals surface area (Å²) in [5, 5.41) is 0. The fraction of sp³-hybridized carbons (Fsp3) is 0.780. The smallest absolute Gasteiger partial charge is 0.457 e. The summed E-state index contributed by atoms with van der Waals surface area (Å²) in [6, 6.07) is 0. The van der Waals surface area contributed by atoms with Crippen molar-refractivity contribution in [3.63, 3.8) is 0 Å². The number of unbranched alkanes of at least 4 members (excludes halogenated alkanes) is 29. The van der Waals surface area contributed by atoms with E-state index in [0.717, 1.165) is 83.5 Å². The summed E-state index contributed by atoms with van der Waals surface area (Å²) in [5.41, 5.74) is 5.40. The lowest BCUT2D eigenvalue weighted by Gasteiger charge is -2.20. The maximum Gasteiger partial charge on any atom is 0.472 e. The molecule has 2 atom stereocenters. The molecule has 0 bridgehead atoms. The van der Waals surface area contributed by atoms with Crippen molar-refractivity contribution in [2.45, 2.75) is 264 Å². The van der Waals surface area contributed by atoms with E-state index in [-0.39, 0.29) is 38.8 Å². The fourth-order valence-corrected chi connectivity index (χ4v) is 8.77. The third-order valence-electron chi connectivity index (χ3n) is 12.1. The zero-order valence-electron chi connectivity index (χ0n) is 44.3. The van der Waals surface area contributed by atoms with Crippen molar-refractivity contribution in [1.82, 2.24) is 0 Å². The Morgan fingerprint density at radius 3 is 1.24 bits per heavy atom. The molecule has 0 amide bonds. The molecule has 0 saturated carbocycles. The molecular weight excluding hydrogens is 866 g/mol. The van der Waals surface area contributed by atoms with Gasteiger partial charge in [0.25, 0.3) is 0 Å². The molecule has 68 heavy (non-hydrogen) atoms. The number of hydrogen-bond acceptors (Lipinski definition) is 7. The SMILES string of the molecule is CC/C=C\C/C=C\C/C=C\C/C=C\C/C=C\C/C=C\CCCCCCC(=O)OC(COCCCCCCCCCCCCCCCCCCCCCCCCCCCC)COP(=O)(O)OCCN. The number of ether oxygens (including phenoxy) is 2. The van der Waals surface area contributed by atoms with Crippen molar-refractivity contribution in [2.75, 3.05) is 33.0 Å². The summed E-state index contributed by atoms with van der Waals surface area (Å²) in [5.74, 6) is -0.352. The Balaban J connectivity index is 3.93. The molecule has 9 heteroatoms. The van der Waals surface area contributed by atoms with Gasteiger partial charge < -0.3 is 20.1 Å². The molecule has 0 heterocycles. The number of carbonyl (C=O) groups is 1. The van der Waals surface area contributed by atoms with Gasteiger partial charge in [0, 0.05) is 19.6 Å². The minimum absolute atomic E-state index is 0.0937. The number of allylic oxidation sites excluding steroid dienone is 12. The normalized spacial score (nSPS) is 13.8. The first-order chi connectivity index (χ1) is 33.4. The highest BCUT2D eigenvalue weighted by molar-refractivity contribution is 7.47. The monoisotopic (exact) mass is 974 g/mol. The van der Waals surface area contributed by atoms with Crippen LogP contribution in [0.3, 0.4) is 0 Å². The van der Waals surface area contributed by atoms with Crippen LogP contribution in [0, 0.1) is 0 Å². The van der Waals surface area contributed by atoms with Crippen molar-refractivity contribution < 1.29 is 32.8 Å². The van der Waals surface area contributed by atoms with E-state index in [0.29, 0.717) is 6.61 Å². The van der Waals surface area contributed by atoms with Crippen molar-refractivity contribution in [3.8, 4) is 0 Å². The van der Waals surface area contributed by atoms with Crippen molar-refractivity contribution in [2.24, 2.45) is 5.73 Å². The molecule has 0 fully saturated rings. The maximum absolute atomic E-state index is 12.7. The van der Waals surface area contributed by atoms with Crippen molar-refractivity contribution in [3.05, 3.63) is 72.9 Å². The number of carbonyl (C=O) groups excluding carboxylic acids is 1. The van der Waals surface area contributed by atoms with Crippen LogP contribution in [-0.4, -0.2) is 49.9 Å². The second kappa shape index (κ2) is 55.9. The summed E-state index contributed by atoms with van der Waals surface area (Å²) >= 11 is 0. The van der Waals surface area contributed by atoms with Crippen molar-refractivity contribution in [1.29, 1.82) is 0 Å². The highest BCUT2D eigenvalue weighted by atomic mass is 31.2. The van der Waals surface area contributed by atoms with Gasteiger partial charge in [0.05, 0.1) is 19.8 Å². The fourth-order valence-electron chi connectivity index (χ4n) is 8.00. The highest BCUT2D eigenvalue weighted by Gasteiger charge is 2.25. The molecule has 0 rings (SSSR count). The quantitative estimate of drug-likeness (QED) is 0.0268. The molecule has 0 aliphatic rings. The molecule has 0 saturated heterocycles. The number of rotatable bonds is 54. The first kappa shape index (κ1) is 65.9. The van der Waals surface area contributed by atoms with Gasteiger partial charge in [0.15, 0.2) is 0 Å². The summed E-state index contributed by atoms with van der Waals surface area (Å²) in [6.45, 7) is 4.81. The van der Waals surface area contributed by atoms with Gasteiger partial charge in [-0.05, 0) is 64.2 Å². The minimum atomic E-state index is -4.30. The number of phosphoric ester groups is 1. The Bertz CT molecular complexity index is 1280. The summed E-state index contributed by atoms with van der Waals surface area (Å²) < 4.78 is 33.7. The van der Waals surface area contributed by atoms with Crippen molar-refractivity contribution >= 4 is 13.8 Å². The molecule has 0 aromatic heterocycles.